The molecule has 0 N–H and O–H groups in total. The van der Waals surface area contributed by atoms with Gasteiger partial charge in [0, 0.05) is 0 Å². The highest BCUT2D eigenvalue weighted by atomic mass is 19.1. The Bertz CT molecular complexity index is 367. The van der Waals surface area contributed by atoms with Gasteiger partial charge in [0.15, 0.2) is 11.6 Å². The van der Waals surface area contributed by atoms with E-state index < -0.39 is 0 Å². The highest BCUT2D eigenvalue weighted by Crippen LogP contribution is 2.29. The Morgan fingerprint density at radius 1 is 1.24 bits per heavy atom. The fourth-order valence-corrected chi connectivity index (χ4v) is 2.43. The van der Waals surface area contributed by atoms with Crippen LogP contribution in [-0.4, -0.2) is 6.61 Å². The van der Waals surface area contributed by atoms with Crippen molar-refractivity contribution in [3.8, 4) is 5.75 Å². The third-order valence-corrected chi connectivity index (χ3v) is 3.70. The van der Waals surface area contributed by atoms with E-state index in [1.54, 1.807) is 6.07 Å². The minimum absolute atomic E-state index is 0.242. The second-order valence-electron chi connectivity index (χ2n) is 5.37. The summed E-state index contributed by atoms with van der Waals surface area (Å²) in [4.78, 5) is 0. The van der Waals surface area contributed by atoms with E-state index in [0.717, 1.165) is 11.5 Å². The van der Waals surface area contributed by atoms with Gasteiger partial charge in [-0.1, -0.05) is 25.8 Å². The first-order valence-corrected chi connectivity index (χ1v) is 6.54. The summed E-state index contributed by atoms with van der Waals surface area (Å²) in [5, 5.41) is 0. The monoisotopic (exact) mass is 236 g/mol. The predicted octanol–water partition coefficient (Wildman–Crippen LogP) is 4.34. The van der Waals surface area contributed by atoms with E-state index in [1.807, 2.05) is 13.0 Å². The number of hydrogen-bond acceptors (Lipinski definition) is 1. The Hall–Kier alpha value is -1.05. The third kappa shape index (κ3) is 3.45. The van der Waals surface area contributed by atoms with Crippen molar-refractivity contribution in [2.75, 3.05) is 6.61 Å². The third-order valence-electron chi connectivity index (χ3n) is 3.70. The molecule has 0 bridgehead atoms. The quantitative estimate of drug-likeness (QED) is 0.758. The van der Waals surface area contributed by atoms with Crippen LogP contribution in [0.2, 0.25) is 0 Å². The number of halogens is 1. The van der Waals surface area contributed by atoms with Crippen LogP contribution in [0.5, 0.6) is 5.75 Å². The average Bonchev–Trinajstić information content (AvgIpc) is 2.30. The SMILES string of the molecule is Cc1ccc(OCC2CCC(C)CC2)c(F)c1. The molecule has 0 saturated heterocycles. The minimum atomic E-state index is -0.242. The Labute approximate surface area is 103 Å². The van der Waals surface area contributed by atoms with E-state index >= 15 is 0 Å². The molecule has 0 atom stereocenters. The lowest BCUT2D eigenvalue weighted by atomic mass is 9.83. The molecule has 1 saturated carbocycles. The molecule has 0 aromatic heterocycles. The van der Waals surface area contributed by atoms with E-state index in [0.29, 0.717) is 18.3 Å². The molecule has 1 nitrogen and oxygen atoms in total. The molecule has 1 fully saturated rings. The van der Waals surface area contributed by atoms with Gasteiger partial charge in [0.2, 0.25) is 0 Å². The van der Waals surface area contributed by atoms with Crippen LogP contribution in [0.15, 0.2) is 18.2 Å². The van der Waals surface area contributed by atoms with Crippen LogP contribution < -0.4 is 4.74 Å². The summed E-state index contributed by atoms with van der Waals surface area (Å²) in [5.41, 5.74) is 0.932. The zero-order valence-electron chi connectivity index (χ0n) is 10.7. The highest BCUT2D eigenvalue weighted by Gasteiger charge is 2.19. The molecule has 0 amide bonds. The van der Waals surface area contributed by atoms with Crippen LogP contribution in [0, 0.1) is 24.6 Å². The van der Waals surface area contributed by atoms with E-state index in [2.05, 4.69) is 6.92 Å². The van der Waals surface area contributed by atoms with E-state index in [-0.39, 0.29) is 5.82 Å². The maximum absolute atomic E-state index is 13.5. The zero-order chi connectivity index (χ0) is 12.3. The van der Waals surface area contributed by atoms with Gasteiger partial charge in [0.25, 0.3) is 0 Å². The predicted molar refractivity (Wildman–Crippen MR) is 67.8 cm³/mol. The summed E-state index contributed by atoms with van der Waals surface area (Å²) in [5.74, 6) is 1.61. The van der Waals surface area contributed by atoms with E-state index in [1.165, 1.54) is 31.7 Å². The maximum Gasteiger partial charge on any atom is 0.165 e. The number of ether oxygens (including phenoxy) is 1. The van der Waals surface area contributed by atoms with Crippen molar-refractivity contribution in [3.63, 3.8) is 0 Å². The molecule has 1 aromatic rings. The molecule has 0 aliphatic heterocycles. The molecule has 2 rings (SSSR count). The van der Waals surface area contributed by atoms with E-state index in [4.69, 9.17) is 4.74 Å². The van der Waals surface area contributed by atoms with Crippen molar-refractivity contribution in [1.29, 1.82) is 0 Å². The molecule has 0 unspecified atom stereocenters. The summed E-state index contributed by atoms with van der Waals surface area (Å²) < 4.78 is 19.1. The molecule has 0 heterocycles. The van der Waals surface area contributed by atoms with Gasteiger partial charge < -0.3 is 4.74 Å². The lowest BCUT2D eigenvalue weighted by molar-refractivity contribution is 0.183. The van der Waals surface area contributed by atoms with Crippen LogP contribution in [0.3, 0.4) is 0 Å². The molecule has 0 radical (unpaired) electrons. The number of hydrogen-bond donors (Lipinski definition) is 0. The van der Waals surface area contributed by atoms with Crippen molar-refractivity contribution < 1.29 is 9.13 Å². The molecule has 1 aliphatic rings. The maximum atomic E-state index is 13.5. The Morgan fingerprint density at radius 2 is 1.94 bits per heavy atom. The van der Waals surface area contributed by atoms with Gasteiger partial charge in [0.1, 0.15) is 0 Å². The van der Waals surface area contributed by atoms with Crippen LogP contribution in [0.1, 0.15) is 38.2 Å². The van der Waals surface area contributed by atoms with Crippen molar-refractivity contribution in [3.05, 3.63) is 29.6 Å². The van der Waals surface area contributed by atoms with Gasteiger partial charge in [-0.3, -0.25) is 0 Å². The molecular weight excluding hydrogens is 215 g/mol. The Balaban J connectivity index is 1.85. The highest BCUT2D eigenvalue weighted by molar-refractivity contribution is 5.28. The number of rotatable bonds is 3. The lowest BCUT2D eigenvalue weighted by Crippen LogP contribution is -2.19. The lowest BCUT2D eigenvalue weighted by Gasteiger charge is -2.26. The molecule has 1 aliphatic carbocycles. The van der Waals surface area contributed by atoms with Gasteiger partial charge in [-0.15, -0.1) is 0 Å². The van der Waals surface area contributed by atoms with Gasteiger partial charge in [-0.25, -0.2) is 4.39 Å². The topological polar surface area (TPSA) is 9.23 Å². The van der Waals surface area contributed by atoms with Crippen LogP contribution in [-0.2, 0) is 0 Å². The number of benzene rings is 1. The molecular formula is C15H21FO. The normalized spacial score (nSPS) is 24.6. The van der Waals surface area contributed by atoms with Crippen molar-refractivity contribution >= 4 is 0 Å². The first kappa shape index (κ1) is 12.4. The fraction of sp³-hybridized carbons (Fsp3) is 0.600. The van der Waals surface area contributed by atoms with E-state index in [9.17, 15) is 4.39 Å². The van der Waals surface area contributed by atoms with Crippen molar-refractivity contribution in [1.82, 2.24) is 0 Å². The van der Waals surface area contributed by atoms with Crippen molar-refractivity contribution in [2.24, 2.45) is 11.8 Å². The van der Waals surface area contributed by atoms with Gasteiger partial charge in [-0.05, 0) is 49.3 Å². The van der Waals surface area contributed by atoms with Crippen molar-refractivity contribution in [2.45, 2.75) is 39.5 Å². The summed E-state index contributed by atoms with van der Waals surface area (Å²) in [6, 6.07) is 5.15. The minimum Gasteiger partial charge on any atom is -0.490 e. The molecule has 17 heavy (non-hydrogen) atoms. The molecule has 94 valence electrons. The van der Waals surface area contributed by atoms with Crippen LogP contribution in [0.4, 0.5) is 4.39 Å². The van der Waals surface area contributed by atoms with Crippen LogP contribution in [0.25, 0.3) is 0 Å². The van der Waals surface area contributed by atoms with Gasteiger partial charge in [0.05, 0.1) is 6.61 Å². The standard InChI is InChI=1S/C15H21FO/c1-11-3-6-13(7-4-11)10-17-15-8-5-12(2)9-14(15)16/h5,8-9,11,13H,3-4,6-7,10H2,1-2H3. The molecule has 2 heteroatoms. The Morgan fingerprint density at radius 3 is 2.59 bits per heavy atom. The van der Waals surface area contributed by atoms with Gasteiger partial charge in [-0.2, -0.15) is 0 Å². The van der Waals surface area contributed by atoms with Gasteiger partial charge >= 0.3 is 0 Å². The summed E-state index contributed by atoms with van der Waals surface area (Å²) in [6.07, 6.45) is 5.00. The first-order chi connectivity index (χ1) is 8.15. The summed E-state index contributed by atoms with van der Waals surface area (Å²) >= 11 is 0. The number of aryl methyl sites for hydroxylation is 1. The molecule has 1 aromatic carbocycles. The average molecular weight is 236 g/mol. The fourth-order valence-electron chi connectivity index (χ4n) is 2.43. The zero-order valence-corrected chi connectivity index (χ0v) is 10.7. The second-order valence-corrected chi connectivity index (χ2v) is 5.37. The summed E-state index contributed by atoms with van der Waals surface area (Å²) in [6.45, 7) is 4.85. The first-order valence-electron chi connectivity index (χ1n) is 6.54. The Kier molecular flexibility index (Phi) is 4.03. The smallest absolute Gasteiger partial charge is 0.165 e. The van der Waals surface area contributed by atoms with Crippen LogP contribution >= 0.6 is 0 Å². The molecule has 0 spiro atoms. The summed E-state index contributed by atoms with van der Waals surface area (Å²) in [7, 11) is 0. The largest absolute Gasteiger partial charge is 0.490 e. The second kappa shape index (κ2) is 5.52.